The standard InChI is InChI=1S/C59H38N4/c1-5-16-41(17-6-1)54-38-55(42-18-7-2-8-19-42)62-59(61-54)46-23-15-22-44(34-46)39-28-30-40(31-29-39)45-32-33-56-50(35-45)51-36-52-49(37-57(51)63(56)47-24-11-4-12-25-47)48-26-13-14-27-53(48)60-58(52)43-20-9-3-10-21-43/h1-38H. The molecule has 3 aromatic heterocycles. The highest BCUT2D eigenvalue weighted by Gasteiger charge is 2.19. The summed E-state index contributed by atoms with van der Waals surface area (Å²) in [6.45, 7) is 0. The summed E-state index contributed by atoms with van der Waals surface area (Å²) in [6.07, 6.45) is 0. The topological polar surface area (TPSA) is 43.6 Å². The van der Waals surface area contributed by atoms with Crippen LogP contribution in [0.5, 0.6) is 0 Å². The molecule has 4 heteroatoms. The van der Waals surface area contributed by atoms with Crippen molar-refractivity contribution in [2.24, 2.45) is 0 Å². The van der Waals surface area contributed by atoms with E-state index in [1.165, 1.54) is 21.7 Å². The Bertz CT molecular complexity index is 3580. The lowest BCUT2D eigenvalue weighted by molar-refractivity contribution is 1.18. The molecular formula is C59H38N4. The maximum Gasteiger partial charge on any atom is 0.160 e. The number of aromatic nitrogens is 4. The number of nitrogens with zero attached hydrogens (tertiary/aromatic N) is 4. The second-order valence-electron chi connectivity index (χ2n) is 16.0. The third kappa shape index (κ3) is 6.53. The molecule has 0 N–H and O–H groups in total. The average molecular weight is 803 g/mol. The molecule has 0 amide bonds. The molecule has 0 radical (unpaired) electrons. The Morgan fingerprint density at radius 1 is 0.270 bits per heavy atom. The molecule has 0 aliphatic heterocycles. The molecule has 0 bridgehead atoms. The normalized spacial score (nSPS) is 11.5. The highest BCUT2D eigenvalue weighted by molar-refractivity contribution is 6.20. The smallest absolute Gasteiger partial charge is 0.160 e. The minimum absolute atomic E-state index is 0.698. The van der Waals surface area contributed by atoms with Gasteiger partial charge < -0.3 is 4.57 Å². The van der Waals surface area contributed by atoms with Crippen LogP contribution < -0.4 is 0 Å². The monoisotopic (exact) mass is 802 g/mol. The maximum absolute atomic E-state index is 5.27. The van der Waals surface area contributed by atoms with Gasteiger partial charge in [-0.1, -0.05) is 176 Å². The van der Waals surface area contributed by atoms with Crippen molar-refractivity contribution in [3.05, 3.63) is 231 Å². The summed E-state index contributed by atoms with van der Waals surface area (Å²) in [4.78, 5) is 15.4. The van der Waals surface area contributed by atoms with Gasteiger partial charge in [-0.25, -0.2) is 15.0 Å². The van der Waals surface area contributed by atoms with Crippen LogP contribution in [0.15, 0.2) is 231 Å². The van der Waals surface area contributed by atoms with E-state index in [-0.39, 0.29) is 0 Å². The molecule has 12 rings (SSSR count). The number of rotatable bonds is 7. The van der Waals surface area contributed by atoms with E-state index in [0.717, 1.165) is 89.1 Å². The zero-order chi connectivity index (χ0) is 41.7. The van der Waals surface area contributed by atoms with Crippen LogP contribution in [0.3, 0.4) is 0 Å². The summed E-state index contributed by atoms with van der Waals surface area (Å²) in [6, 6.07) is 81.6. The van der Waals surface area contributed by atoms with E-state index in [0.29, 0.717) is 5.82 Å². The summed E-state index contributed by atoms with van der Waals surface area (Å²) in [5.41, 5.74) is 16.0. The van der Waals surface area contributed by atoms with Crippen molar-refractivity contribution in [1.82, 2.24) is 19.5 Å². The van der Waals surface area contributed by atoms with Gasteiger partial charge in [0.1, 0.15) is 0 Å². The van der Waals surface area contributed by atoms with Gasteiger partial charge >= 0.3 is 0 Å². The Kier molecular flexibility index (Phi) is 8.79. The third-order valence-electron chi connectivity index (χ3n) is 12.2. The fourth-order valence-electron chi connectivity index (χ4n) is 9.10. The quantitative estimate of drug-likeness (QED) is 0.151. The first-order chi connectivity index (χ1) is 31.2. The molecule has 0 fully saturated rings. The van der Waals surface area contributed by atoms with E-state index in [1.54, 1.807) is 0 Å². The van der Waals surface area contributed by atoms with Crippen LogP contribution in [0.2, 0.25) is 0 Å². The molecule has 9 aromatic carbocycles. The van der Waals surface area contributed by atoms with Gasteiger partial charge in [0.25, 0.3) is 0 Å². The zero-order valence-electron chi connectivity index (χ0n) is 34.2. The first-order valence-electron chi connectivity index (χ1n) is 21.3. The van der Waals surface area contributed by atoms with Gasteiger partial charge in [0.15, 0.2) is 5.82 Å². The van der Waals surface area contributed by atoms with Gasteiger partial charge in [-0.2, -0.15) is 0 Å². The lowest BCUT2D eigenvalue weighted by Gasteiger charge is -2.12. The second-order valence-corrected chi connectivity index (χ2v) is 16.0. The van der Waals surface area contributed by atoms with E-state index in [2.05, 4.69) is 199 Å². The fourth-order valence-corrected chi connectivity index (χ4v) is 9.10. The van der Waals surface area contributed by atoms with E-state index in [1.807, 2.05) is 36.4 Å². The molecule has 0 aliphatic carbocycles. The van der Waals surface area contributed by atoms with Crippen LogP contribution in [0.1, 0.15) is 0 Å². The number of benzene rings is 9. The molecule has 0 saturated heterocycles. The molecule has 0 aliphatic rings. The Labute approximate surface area is 365 Å². The fraction of sp³-hybridized carbons (Fsp3) is 0. The number of fused-ring (bicyclic) bond motifs is 6. The van der Waals surface area contributed by atoms with Crippen LogP contribution in [0, 0.1) is 0 Å². The van der Waals surface area contributed by atoms with E-state index in [4.69, 9.17) is 15.0 Å². The molecule has 4 nitrogen and oxygen atoms in total. The largest absolute Gasteiger partial charge is 0.309 e. The van der Waals surface area contributed by atoms with Gasteiger partial charge in [0.2, 0.25) is 0 Å². The predicted molar refractivity (Wildman–Crippen MR) is 262 cm³/mol. The van der Waals surface area contributed by atoms with Crippen LogP contribution in [-0.4, -0.2) is 19.5 Å². The molecule has 63 heavy (non-hydrogen) atoms. The molecule has 0 spiro atoms. The Morgan fingerprint density at radius 3 is 1.46 bits per heavy atom. The summed E-state index contributed by atoms with van der Waals surface area (Å²) in [5.74, 6) is 0.698. The highest BCUT2D eigenvalue weighted by Crippen LogP contribution is 2.41. The first-order valence-corrected chi connectivity index (χ1v) is 21.3. The van der Waals surface area contributed by atoms with Crippen molar-refractivity contribution in [1.29, 1.82) is 0 Å². The highest BCUT2D eigenvalue weighted by atomic mass is 15.0. The molecule has 12 aromatic rings. The Hall–Kier alpha value is -8.47. The summed E-state index contributed by atoms with van der Waals surface area (Å²) in [7, 11) is 0. The first kappa shape index (κ1) is 36.4. The number of hydrogen-bond acceptors (Lipinski definition) is 3. The lowest BCUT2D eigenvalue weighted by Crippen LogP contribution is -1.96. The summed E-state index contributed by atoms with van der Waals surface area (Å²) in [5, 5.41) is 5.88. The van der Waals surface area contributed by atoms with Gasteiger partial charge in [-0.3, -0.25) is 0 Å². The van der Waals surface area contributed by atoms with E-state index >= 15 is 0 Å². The van der Waals surface area contributed by atoms with Crippen molar-refractivity contribution in [3.8, 4) is 73.1 Å². The summed E-state index contributed by atoms with van der Waals surface area (Å²) < 4.78 is 2.41. The second kappa shape index (κ2) is 15.2. The third-order valence-corrected chi connectivity index (χ3v) is 12.2. The number of para-hydroxylation sites is 2. The lowest BCUT2D eigenvalue weighted by atomic mass is 9.96. The molecule has 0 saturated carbocycles. The number of hydrogen-bond donors (Lipinski definition) is 0. The van der Waals surface area contributed by atoms with Crippen LogP contribution in [0.25, 0.3) is 117 Å². The van der Waals surface area contributed by atoms with Crippen LogP contribution >= 0.6 is 0 Å². The molecule has 0 unspecified atom stereocenters. The van der Waals surface area contributed by atoms with Gasteiger partial charge in [0.05, 0.1) is 33.6 Å². The molecule has 294 valence electrons. The SMILES string of the molecule is c1ccc(-c2cc(-c3ccccc3)nc(-c3cccc(-c4ccc(-c5ccc6c(c5)c5cc7c(-c8ccccc8)nc8ccccc8c7cc5n6-c5ccccc5)cc4)c3)n2)cc1. The van der Waals surface area contributed by atoms with Crippen molar-refractivity contribution < 1.29 is 0 Å². The van der Waals surface area contributed by atoms with Crippen molar-refractivity contribution in [2.75, 3.05) is 0 Å². The molecular weight excluding hydrogens is 765 g/mol. The minimum atomic E-state index is 0.698. The van der Waals surface area contributed by atoms with Crippen molar-refractivity contribution in [2.45, 2.75) is 0 Å². The average Bonchev–Trinajstić information content (AvgIpc) is 3.69. The summed E-state index contributed by atoms with van der Waals surface area (Å²) >= 11 is 0. The van der Waals surface area contributed by atoms with Gasteiger partial charge in [-0.05, 0) is 82.2 Å². The van der Waals surface area contributed by atoms with Gasteiger partial charge in [0, 0.05) is 49.5 Å². The van der Waals surface area contributed by atoms with Crippen LogP contribution in [-0.2, 0) is 0 Å². The predicted octanol–water partition coefficient (Wildman–Crippen LogP) is 15.3. The van der Waals surface area contributed by atoms with Crippen molar-refractivity contribution in [3.63, 3.8) is 0 Å². The Balaban J connectivity index is 0.964. The maximum atomic E-state index is 5.27. The minimum Gasteiger partial charge on any atom is -0.309 e. The van der Waals surface area contributed by atoms with E-state index in [9.17, 15) is 0 Å². The Morgan fingerprint density at radius 2 is 0.794 bits per heavy atom. The van der Waals surface area contributed by atoms with E-state index < -0.39 is 0 Å². The molecule has 3 heterocycles. The van der Waals surface area contributed by atoms with Crippen LogP contribution in [0.4, 0.5) is 0 Å². The zero-order valence-corrected chi connectivity index (χ0v) is 34.2. The number of pyridine rings is 1. The molecule has 0 atom stereocenters. The van der Waals surface area contributed by atoms with Gasteiger partial charge in [-0.15, -0.1) is 0 Å². The van der Waals surface area contributed by atoms with Crippen molar-refractivity contribution >= 4 is 43.5 Å².